The van der Waals surface area contributed by atoms with Gasteiger partial charge in [-0.25, -0.2) is 0 Å². The molecular formula is C18H25N3. The molecule has 2 aromatic rings. The quantitative estimate of drug-likeness (QED) is 0.911. The van der Waals surface area contributed by atoms with E-state index in [9.17, 15) is 0 Å². The Morgan fingerprint density at radius 2 is 1.71 bits per heavy atom. The molecule has 0 aliphatic carbocycles. The standard InChI is InChI=1S/C18H25N3/c1-6-19-18(17-10-14(4)20-21-15(17)5)11-16-12(2)8-7-9-13(16)3/h7-10,18-19H,6,11H2,1-5H3. The summed E-state index contributed by atoms with van der Waals surface area (Å²) in [7, 11) is 0. The van der Waals surface area contributed by atoms with E-state index in [4.69, 9.17) is 0 Å². The van der Waals surface area contributed by atoms with Gasteiger partial charge in [0.1, 0.15) is 0 Å². The first kappa shape index (κ1) is 15.6. The van der Waals surface area contributed by atoms with E-state index in [0.29, 0.717) is 0 Å². The Bertz CT molecular complexity index is 600. The van der Waals surface area contributed by atoms with Crippen molar-refractivity contribution in [3.63, 3.8) is 0 Å². The molecule has 0 saturated heterocycles. The van der Waals surface area contributed by atoms with Gasteiger partial charge in [-0.3, -0.25) is 0 Å². The van der Waals surface area contributed by atoms with Crippen LogP contribution in [0.2, 0.25) is 0 Å². The molecule has 0 aliphatic heterocycles. The van der Waals surface area contributed by atoms with Crippen molar-refractivity contribution >= 4 is 0 Å². The van der Waals surface area contributed by atoms with Crippen molar-refractivity contribution in [2.45, 2.75) is 47.1 Å². The molecule has 1 aromatic carbocycles. The number of rotatable bonds is 5. The summed E-state index contributed by atoms with van der Waals surface area (Å²) in [4.78, 5) is 0. The predicted molar refractivity (Wildman–Crippen MR) is 87.5 cm³/mol. The Labute approximate surface area is 127 Å². The average molecular weight is 283 g/mol. The summed E-state index contributed by atoms with van der Waals surface area (Å²) in [6.07, 6.45) is 0.984. The van der Waals surface area contributed by atoms with Gasteiger partial charge >= 0.3 is 0 Å². The van der Waals surface area contributed by atoms with Gasteiger partial charge in [-0.1, -0.05) is 25.1 Å². The van der Waals surface area contributed by atoms with E-state index in [-0.39, 0.29) is 6.04 Å². The fourth-order valence-electron chi connectivity index (χ4n) is 2.84. The summed E-state index contributed by atoms with van der Waals surface area (Å²) < 4.78 is 0. The molecular weight excluding hydrogens is 258 g/mol. The number of aryl methyl sites for hydroxylation is 4. The van der Waals surface area contributed by atoms with E-state index >= 15 is 0 Å². The number of likely N-dealkylation sites (N-methyl/N-ethyl adjacent to an activating group) is 1. The molecule has 0 spiro atoms. The summed E-state index contributed by atoms with van der Waals surface area (Å²) in [6.45, 7) is 11.5. The summed E-state index contributed by atoms with van der Waals surface area (Å²) in [5.74, 6) is 0. The lowest BCUT2D eigenvalue weighted by Crippen LogP contribution is -2.25. The van der Waals surface area contributed by atoms with Crippen LogP contribution in [-0.2, 0) is 6.42 Å². The Kier molecular flexibility index (Phi) is 5.07. The lowest BCUT2D eigenvalue weighted by molar-refractivity contribution is 0.540. The topological polar surface area (TPSA) is 37.8 Å². The van der Waals surface area contributed by atoms with Crippen molar-refractivity contribution in [2.24, 2.45) is 0 Å². The highest BCUT2D eigenvalue weighted by Crippen LogP contribution is 2.24. The van der Waals surface area contributed by atoms with Crippen LogP contribution in [0.25, 0.3) is 0 Å². The minimum Gasteiger partial charge on any atom is -0.310 e. The van der Waals surface area contributed by atoms with Gasteiger partial charge in [0, 0.05) is 6.04 Å². The van der Waals surface area contributed by atoms with E-state index in [2.05, 4.69) is 60.6 Å². The van der Waals surface area contributed by atoms with Crippen LogP contribution in [0.1, 0.15) is 46.6 Å². The second kappa shape index (κ2) is 6.81. The van der Waals surface area contributed by atoms with Gasteiger partial charge < -0.3 is 5.32 Å². The maximum absolute atomic E-state index is 4.28. The maximum Gasteiger partial charge on any atom is 0.0648 e. The van der Waals surface area contributed by atoms with E-state index in [1.165, 1.54) is 22.3 Å². The van der Waals surface area contributed by atoms with Gasteiger partial charge in [0.05, 0.1) is 11.4 Å². The smallest absolute Gasteiger partial charge is 0.0648 e. The molecule has 21 heavy (non-hydrogen) atoms. The van der Waals surface area contributed by atoms with Gasteiger partial charge in [-0.05, 0) is 69.0 Å². The summed E-state index contributed by atoms with van der Waals surface area (Å²) >= 11 is 0. The summed E-state index contributed by atoms with van der Waals surface area (Å²) in [5.41, 5.74) is 7.38. The van der Waals surface area contributed by atoms with Crippen molar-refractivity contribution in [1.82, 2.24) is 15.5 Å². The molecule has 0 aliphatic rings. The third-order valence-corrected chi connectivity index (χ3v) is 4.02. The van der Waals surface area contributed by atoms with Crippen LogP contribution in [0, 0.1) is 27.7 Å². The van der Waals surface area contributed by atoms with Gasteiger partial charge in [-0.15, -0.1) is 0 Å². The van der Waals surface area contributed by atoms with Crippen molar-refractivity contribution in [3.05, 3.63) is 57.9 Å². The molecule has 2 rings (SSSR count). The maximum atomic E-state index is 4.28. The average Bonchev–Trinajstić information content (AvgIpc) is 2.44. The van der Waals surface area contributed by atoms with Gasteiger partial charge in [0.2, 0.25) is 0 Å². The molecule has 1 aromatic heterocycles. The first-order chi connectivity index (χ1) is 10.0. The fraction of sp³-hybridized carbons (Fsp3) is 0.444. The Hall–Kier alpha value is -1.74. The van der Waals surface area contributed by atoms with E-state index in [1.54, 1.807) is 0 Å². The van der Waals surface area contributed by atoms with Crippen LogP contribution >= 0.6 is 0 Å². The number of nitrogens with one attached hydrogen (secondary N) is 1. The number of hydrogen-bond donors (Lipinski definition) is 1. The number of aromatic nitrogens is 2. The molecule has 3 nitrogen and oxygen atoms in total. The van der Waals surface area contributed by atoms with Crippen molar-refractivity contribution in [2.75, 3.05) is 6.54 Å². The Balaban J connectivity index is 2.38. The van der Waals surface area contributed by atoms with Gasteiger partial charge in [0.25, 0.3) is 0 Å². The number of nitrogens with zero attached hydrogens (tertiary/aromatic N) is 2. The van der Waals surface area contributed by atoms with Crippen molar-refractivity contribution < 1.29 is 0 Å². The van der Waals surface area contributed by atoms with Gasteiger partial charge in [0.15, 0.2) is 0 Å². The van der Waals surface area contributed by atoms with Crippen molar-refractivity contribution in [1.29, 1.82) is 0 Å². The van der Waals surface area contributed by atoms with Crippen LogP contribution < -0.4 is 5.32 Å². The largest absolute Gasteiger partial charge is 0.310 e. The predicted octanol–water partition coefficient (Wildman–Crippen LogP) is 3.60. The Morgan fingerprint density at radius 3 is 2.33 bits per heavy atom. The summed E-state index contributed by atoms with van der Waals surface area (Å²) in [6, 6.07) is 8.94. The minimum atomic E-state index is 0.281. The molecule has 0 fully saturated rings. The minimum absolute atomic E-state index is 0.281. The molecule has 1 N–H and O–H groups in total. The molecule has 1 atom stereocenters. The lowest BCUT2D eigenvalue weighted by Gasteiger charge is -2.22. The van der Waals surface area contributed by atoms with E-state index in [0.717, 1.165) is 24.4 Å². The summed E-state index contributed by atoms with van der Waals surface area (Å²) in [5, 5.41) is 12.0. The SMILES string of the molecule is CCNC(Cc1c(C)cccc1C)c1cc(C)nnc1C. The highest BCUT2D eigenvalue weighted by molar-refractivity contribution is 5.36. The van der Waals surface area contributed by atoms with E-state index < -0.39 is 0 Å². The first-order valence-corrected chi connectivity index (χ1v) is 7.62. The molecule has 0 amide bonds. The van der Waals surface area contributed by atoms with Crippen LogP contribution in [0.3, 0.4) is 0 Å². The second-order valence-corrected chi connectivity index (χ2v) is 5.71. The third-order valence-electron chi connectivity index (χ3n) is 4.02. The monoisotopic (exact) mass is 283 g/mol. The molecule has 0 radical (unpaired) electrons. The molecule has 112 valence electrons. The highest BCUT2D eigenvalue weighted by Gasteiger charge is 2.17. The van der Waals surface area contributed by atoms with E-state index in [1.807, 2.05) is 13.8 Å². The fourth-order valence-corrected chi connectivity index (χ4v) is 2.84. The molecule has 1 heterocycles. The zero-order valence-corrected chi connectivity index (χ0v) is 13.7. The zero-order valence-electron chi connectivity index (χ0n) is 13.7. The molecule has 1 unspecified atom stereocenters. The number of benzene rings is 1. The molecule has 0 saturated carbocycles. The van der Waals surface area contributed by atoms with Crippen LogP contribution in [-0.4, -0.2) is 16.7 Å². The highest BCUT2D eigenvalue weighted by atomic mass is 15.1. The zero-order chi connectivity index (χ0) is 15.4. The molecule has 0 bridgehead atoms. The van der Waals surface area contributed by atoms with Crippen LogP contribution in [0.4, 0.5) is 0 Å². The van der Waals surface area contributed by atoms with Crippen LogP contribution in [0.15, 0.2) is 24.3 Å². The second-order valence-electron chi connectivity index (χ2n) is 5.71. The lowest BCUT2D eigenvalue weighted by atomic mass is 9.92. The first-order valence-electron chi connectivity index (χ1n) is 7.62. The number of hydrogen-bond acceptors (Lipinski definition) is 3. The van der Waals surface area contributed by atoms with Gasteiger partial charge in [-0.2, -0.15) is 10.2 Å². The Morgan fingerprint density at radius 1 is 1.05 bits per heavy atom. The normalized spacial score (nSPS) is 12.4. The third kappa shape index (κ3) is 3.67. The van der Waals surface area contributed by atoms with Crippen LogP contribution in [0.5, 0.6) is 0 Å². The molecule has 3 heteroatoms. The van der Waals surface area contributed by atoms with Crippen molar-refractivity contribution in [3.8, 4) is 0 Å².